The van der Waals surface area contributed by atoms with E-state index < -0.39 is 5.97 Å². The van der Waals surface area contributed by atoms with E-state index in [1.165, 1.54) is 12.8 Å². The molecule has 0 saturated heterocycles. The molecule has 1 aromatic rings. The largest absolute Gasteiger partial charge is 0.480 e. The van der Waals surface area contributed by atoms with Gasteiger partial charge in [-0.3, -0.25) is 4.79 Å². The van der Waals surface area contributed by atoms with Crippen LogP contribution in [0.2, 0.25) is 0 Å². The molecule has 1 fully saturated rings. The summed E-state index contributed by atoms with van der Waals surface area (Å²) >= 11 is 0. The maximum Gasteiger partial charge on any atom is 0.323 e. The number of hydrogen-bond donors (Lipinski definition) is 1. The molecule has 0 aromatic carbocycles. The third-order valence-electron chi connectivity index (χ3n) is 2.57. The zero-order chi connectivity index (χ0) is 11.7. The summed E-state index contributed by atoms with van der Waals surface area (Å²) in [5, 5.41) is 8.71. The number of rotatable bonds is 4. The molecule has 1 aliphatic rings. The molecule has 0 amide bonds. The molecule has 16 heavy (non-hydrogen) atoms. The lowest BCUT2D eigenvalue weighted by Gasteiger charge is -2.15. The number of anilines is 1. The number of aromatic nitrogens is 2. The van der Waals surface area contributed by atoms with Crippen LogP contribution in [0.1, 0.15) is 30.1 Å². The number of aryl methyl sites for hydroxylation is 1. The van der Waals surface area contributed by atoms with Gasteiger partial charge in [0.15, 0.2) is 0 Å². The smallest absolute Gasteiger partial charge is 0.323 e. The molecule has 0 atom stereocenters. The minimum absolute atomic E-state index is 0.0758. The van der Waals surface area contributed by atoms with Crippen LogP contribution in [0.3, 0.4) is 0 Å². The minimum atomic E-state index is -0.874. The Kier molecular flexibility index (Phi) is 2.77. The van der Waals surface area contributed by atoms with Gasteiger partial charge in [0, 0.05) is 24.4 Å². The molecule has 1 aromatic heterocycles. The lowest BCUT2D eigenvalue weighted by molar-refractivity contribution is -0.135. The predicted molar refractivity (Wildman–Crippen MR) is 59.6 cm³/mol. The van der Waals surface area contributed by atoms with E-state index in [1.807, 2.05) is 13.0 Å². The van der Waals surface area contributed by atoms with Gasteiger partial charge in [-0.2, -0.15) is 0 Å². The van der Waals surface area contributed by atoms with Crippen molar-refractivity contribution < 1.29 is 9.90 Å². The standard InChI is InChI=1S/C11H15N3O2/c1-7-5-9(8-3-4-8)13-11(12-7)14(2)6-10(15)16/h5,8H,3-4,6H2,1-2H3,(H,15,16). The van der Waals surface area contributed by atoms with Crippen molar-refractivity contribution in [3.8, 4) is 0 Å². The molecule has 1 aliphatic carbocycles. The van der Waals surface area contributed by atoms with Crippen molar-refractivity contribution >= 4 is 11.9 Å². The third kappa shape index (κ3) is 2.48. The normalized spacial score (nSPS) is 14.9. The Balaban J connectivity index is 2.22. The van der Waals surface area contributed by atoms with Gasteiger partial charge in [-0.05, 0) is 25.8 Å². The zero-order valence-electron chi connectivity index (χ0n) is 9.47. The van der Waals surface area contributed by atoms with Gasteiger partial charge in [0.25, 0.3) is 0 Å². The minimum Gasteiger partial charge on any atom is -0.480 e. The van der Waals surface area contributed by atoms with Crippen LogP contribution in [-0.4, -0.2) is 34.6 Å². The number of carboxylic acids is 1. The summed E-state index contributed by atoms with van der Waals surface area (Å²) < 4.78 is 0. The molecule has 0 unspecified atom stereocenters. The van der Waals surface area contributed by atoms with E-state index in [1.54, 1.807) is 11.9 Å². The quantitative estimate of drug-likeness (QED) is 0.827. The highest BCUT2D eigenvalue weighted by Crippen LogP contribution is 2.39. The Hall–Kier alpha value is -1.65. The maximum atomic E-state index is 10.6. The molecule has 0 aliphatic heterocycles. The Bertz CT molecular complexity index is 416. The first-order valence-corrected chi connectivity index (χ1v) is 5.35. The Morgan fingerprint density at radius 1 is 1.56 bits per heavy atom. The first kappa shape index (κ1) is 10.9. The maximum absolute atomic E-state index is 10.6. The first-order valence-electron chi connectivity index (χ1n) is 5.35. The average molecular weight is 221 g/mol. The van der Waals surface area contributed by atoms with Crippen LogP contribution in [0.4, 0.5) is 5.95 Å². The van der Waals surface area contributed by atoms with Gasteiger partial charge < -0.3 is 10.0 Å². The fourth-order valence-corrected chi connectivity index (χ4v) is 1.61. The summed E-state index contributed by atoms with van der Waals surface area (Å²) in [6.45, 7) is 1.83. The van der Waals surface area contributed by atoms with Crippen LogP contribution < -0.4 is 4.90 Å². The van der Waals surface area contributed by atoms with E-state index in [-0.39, 0.29) is 6.54 Å². The topological polar surface area (TPSA) is 66.3 Å². The van der Waals surface area contributed by atoms with Crippen LogP contribution >= 0.6 is 0 Å². The van der Waals surface area contributed by atoms with E-state index >= 15 is 0 Å². The lowest BCUT2D eigenvalue weighted by atomic mass is 10.2. The molecular weight excluding hydrogens is 206 g/mol. The monoisotopic (exact) mass is 221 g/mol. The molecule has 1 heterocycles. The summed E-state index contributed by atoms with van der Waals surface area (Å²) in [5.74, 6) is 0.184. The number of likely N-dealkylation sites (N-methyl/N-ethyl adjacent to an activating group) is 1. The van der Waals surface area contributed by atoms with Gasteiger partial charge in [-0.25, -0.2) is 9.97 Å². The van der Waals surface area contributed by atoms with Crippen molar-refractivity contribution in [2.75, 3.05) is 18.5 Å². The van der Waals surface area contributed by atoms with Crippen LogP contribution in [0.25, 0.3) is 0 Å². The Morgan fingerprint density at radius 2 is 2.25 bits per heavy atom. The fourth-order valence-electron chi connectivity index (χ4n) is 1.61. The van der Waals surface area contributed by atoms with Crippen molar-refractivity contribution in [3.63, 3.8) is 0 Å². The van der Waals surface area contributed by atoms with Crippen LogP contribution in [-0.2, 0) is 4.79 Å². The number of carboxylic acid groups (broad SMARTS) is 1. The van der Waals surface area contributed by atoms with E-state index in [9.17, 15) is 4.79 Å². The van der Waals surface area contributed by atoms with E-state index in [4.69, 9.17) is 5.11 Å². The molecule has 1 N–H and O–H groups in total. The SMILES string of the molecule is Cc1cc(C2CC2)nc(N(C)CC(=O)O)n1. The summed E-state index contributed by atoms with van der Waals surface area (Å²) in [6.07, 6.45) is 2.36. The van der Waals surface area contributed by atoms with Gasteiger partial charge in [0.05, 0.1) is 0 Å². The van der Waals surface area contributed by atoms with Gasteiger partial charge in [0.2, 0.25) is 5.95 Å². The van der Waals surface area contributed by atoms with E-state index in [0.717, 1.165) is 11.4 Å². The number of aliphatic carboxylic acids is 1. The van der Waals surface area contributed by atoms with Gasteiger partial charge >= 0.3 is 5.97 Å². The number of hydrogen-bond acceptors (Lipinski definition) is 4. The van der Waals surface area contributed by atoms with Crippen molar-refractivity contribution in [2.45, 2.75) is 25.7 Å². The van der Waals surface area contributed by atoms with Gasteiger partial charge in [-0.1, -0.05) is 0 Å². The fraction of sp³-hybridized carbons (Fsp3) is 0.545. The second kappa shape index (κ2) is 4.08. The van der Waals surface area contributed by atoms with Crippen molar-refractivity contribution in [2.24, 2.45) is 0 Å². The summed E-state index contributed by atoms with van der Waals surface area (Å²) in [4.78, 5) is 20.8. The zero-order valence-corrected chi connectivity index (χ0v) is 9.47. The second-order valence-electron chi connectivity index (χ2n) is 4.26. The van der Waals surface area contributed by atoms with Crippen molar-refractivity contribution in [3.05, 3.63) is 17.5 Å². The van der Waals surface area contributed by atoms with Crippen molar-refractivity contribution in [1.82, 2.24) is 9.97 Å². The molecular formula is C11H15N3O2. The lowest BCUT2D eigenvalue weighted by Crippen LogP contribution is -2.27. The first-order chi connectivity index (χ1) is 7.56. The highest BCUT2D eigenvalue weighted by atomic mass is 16.4. The highest BCUT2D eigenvalue weighted by molar-refractivity contribution is 5.72. The molecule has 1 saturated carbocycles. The van der Waals surface area contributed by atoms with Crippen molar-refractivity contribution in [1.29, 1.82) is 0 Å². The Morgan fingerprint density at radius 3 is 2.81 bits per heavy atom. The number of nitrogens with zero attached hydrogens (tertiary/aromatic N) is 3. The van der Waals surface area contributed by atoms with Gasteiger partial charge in [-0.15, -0.1) is 0 Å². The van der Waals surface area contributed by atoms with Crippen LogP contribution in [0.15, 0.2) is 6.07 Å². The summed E-state index contributed by atoms with van der Waals surface area (Å²) in [5.41, 5.74) is 1.93. The Labute approximate surface area is 94.1 Å². The molecule has 0 spiro atoms. The molecule has 86 valence electrons. The molecule has 0 bridgehead atoms. The second-order valence-corrected chi connectivity index (χ2v) is 4.26. The highest BCUT2D eigenvalue weighted by Gasteiger charge is 2.26. The van der Waals surface area contributed by atoms with Crippen LogP contribution in [0, 0.1) is 6.92 Å². The van der Waals surface area contributed by atoms with Crippen LogP contribution in [0.5, 0.6) is 0 Å². The molecule has 5 heteroatoms. The van der Waals surface area contributed by atoms with E-state index in [0.29, 0.717) is 11.9 Å². The average Bonchev–Trinajstić information content (AvgIpc) is 2.98. The van der Waals surface area contributed by atoms with E-state index in [2.05, 4.69) is 9.97 Å². The number of carbonyl (C=O) groups is 1. The summed E-state index contributed by atoms with van der Waals surface area (Å²) in [7, 11) is 1.69. The third-order valence-corrected chi connectivity index (χ3v) is 2.57. The summed E-state index contributed by atoms with van der Waals surface area (Å²) in [6, 6.07) is 1.98. The molecule has 2 rings (SSSR count). The molecule has 0 radical (unpaired) electrons. The molecule has 5 nitrogen and oxygen atoms in total. The van der Waals surface area contributed by atoms with Gasteiger partial charge in [0.1, 0.15) is 6.54 Å². The predicted octanol–water partition coefficient (Wildman–Crippen LogP) is 1.18.